The molecular weight excluding hydrogens is 308 g/mol. The molecule has 5 heteroatoms. The maximum Gasteiger partial charge on any atom is 0.328 e. The molecule has 2 rings (SSSR count). The van der Waals surface area contributed by atoms with Gasteiger partial charge in [0.1, 0.15) is 11.9 Å². The molecule has 0 spiro atoms. The van der Waals surface area contributed by atoms with Crippen LogP contribution in [0.4, 0.5) is 5.82 Å². The highest BCUT2D eigenvalue weighted by molar-refractivity contribution is 9.10. The topological polar surface area (TPSA) is 42.4 Å². The van der Waals surface area contributed by atoms with Gasteiger partial charge in [-0.3, -0.25) is 0 Å². The third-order valence-corrected chi connectivity index (χ3v) is 3.74. The highest BCUT2D eigenvalue weighted by atomic mass is 79.9. The molecule has 0 aromatic carbocycles. The molecule has 1 saturated heterocycles. The highest BCUT2D eigenvalue weighted by Crippen LogP contribution is 2.25. The lowest BCUT2D eigenvalue weighted by atomic mass is 10.2. The molecular formula is C14H19BrN2O2. The lowest BCUT2D eigenvalue weighted by Crippen LogP contribution is -2.37. The van der Waals surface area contributed by atoms with Crippen molar-refractivity contribution in [2.75, 3.05) is 18.1 Å². The van der Waals surface area contributed by atoms with Crippen LogP contribution in [-0.2, 0) is 9.53 Å². The number of esters is 1. The number of halogens is 1. The molecule has 0 bridgehead atoms. The van der Waals surface area contributed by atoms with Gasteiger partial charge >= 0.3 is 5.97 Å². The summed E-state index contributed by atoms with van der Waals surface area (Å²) >= 11 is 3.37. The van der Waals surface area contributed by atoms with Crippen molar-refractivity contribution in [1.29, 1.82) is 0 Å². The zero-order valence-electron chi connectivity index (χ0n) is 11.1. The molecule has 1 aliphatic heterocycles. The molecule has 1 fully saturated rings. The van der Waals surface area contributed by atoms with Crippen LogP contribution in [0.15, 0.2) is 22.8 Å². The van der Waals surface area contributed by atoms with E-state index in [4.69, 9.17) is 4.74 Å². The van der Waals surface area contributed by atoms with Crippen LogP contribution < -0.4 is 4.90 Å². The first-order valence-corrected chi connectivity index (χ1v) is 7.56. The summed E-state index contributed by atoms with van der Waals surface area (Å²) in [4.78, 5) is 18.5. The molecule has 1 atom stereocenters. The number of hydrogen-bond acceptors (Lipinski definition) is 4. The quantitative estimate of drug-likeness (QED) is 0.615. The van der Waals surface area contributed by atoms with E-state index in [0.717, 1.165) is 42.5 Å². The standard InChI is InChI=1S/C14H19BrN2O2/c1-2-3-9-19-14(18)12-5-4-8-17(12)13-7-6-11(15)10-16-13/h6-7,10,12H,2-5,8-9H2,1H3. The number of anilines is 1. The van der Waals surface area contributed by atoms with Crippen molar-refractivity contribution in [2.45, 2.75) is 38.6 Å². The van der Waals surface area contributed by atoms with Crippen molar-refractivity contribution in [2.24, 2.45) is 0 Å². The van der Waals surface area contributed by atoms with Crippen molar-refractivity contribution >= 4 is 27.7 Å². The van der Waals surface area contributed by atoms with Gasteiger partial charge in [-0.05, 0) is 47.3 Å². The van der Waals surface area contributed by atoms with Crippen LogP contribution in [0.5, 0.6) is 0 Å². The molecule has 0 N–H and O–H groups in total. The van der Waals surface area contributed by atoms with E-state index in [2.05, 4.69) is 27.8 Å². The van der Waals surface area contributed by atoms with Crippen molar-refractivity contribution in [3.05, 3.63) is 22.8 Å². The number of carbonyl (C=O) groups is 1. The second-order valence-electron chi connectivity index (χ2n) is 4.71. The molecule has 0 amide bonds. The average molecular weight is 327 g/mol. The molecule has 4 nitrogen and oxygen atoms in total. The van der Waals surface area contributed by atoms with Crippen LogP contribution in [0.25, 0.3) is 0 Å². The summed E-state index contributed by atoms with van der Waals surface area (Å²) in [6.07, 6.45) is 5.58. The van der Waals surface area contributed by atoms with Crippen molar-refractivity contribution < 1.29 is 9.53 Å². The van der Waals surface area contributed by atoms with Gasteiger partial charge < -0.3 is 9.64 Å². The molecule has 1 aromatic rings. The number of aromatic nitrogens is 1. The lowest BCUT2D eigenvalue weighted by Gasteiger charge is -2.24. The maximum absolute atomic E-state index is 12.1. The molecule has 19 heavy (non-hydrogen) atoms. The van der Waals surface area contributed by atoms with E-state index in [1.54, 1.807) is 6.20 Å². The van der Waals surface area contributed by atoms with E-state index >= 15 is 0 Å². The van der Waals surface area contributed by atoms with Gasteiger partial charge in [0, 0.05) is 17.2 Å². The molecule has 1 unspecified atom stereocenters. The first-order valence-electron chi connectivity index (χ1n) is 6.77. The number of rotatable bonds is 5. The van der Waals surface area contributed by atoms with Crippen molar-refractivity contribution in [3.8, 4) is 0 Å². The Hall–Kier alpha value is -1.10. The lowest BCUT2D eigenvalue weighted by molar-refractivity contribution is -0.145. The Bertz CT molecular complexity index is 422. The molecule has 104 valence electrons. The Labute approximate surface area is 122 Å². The van der Waals surface area contributed by atoms with Crippen LogP contribution in [0, 0.1) is 0 Å². The number of hydrogen-bond donors (Lipinski definition) is 0. The van der Waals surface area contributed by atoms with Crippen LogP contribution in [0.2, 0.25) is 0 Å². The van der Waals surface area contributed by atoms with Crippen LogP contribution in [0.1, 0.15) is 32.6 Å². The van der Waals surface area contributed by atoms with Crippen molar-refractivity contribution in [1.82, 2.24) is 4.98 Å². The normalized spacial score (nSPS) is 18.6. The van der Waals surface area contributed by atoms with Crippen LogP contribution >= 0.6 is 15.9 Å². The van der Waals surface area contributed by atoms with E-state index in [9.17, 15) is 4.79 Å². The van der Waals surface area contributed by atoms with Gasteiger partial charge in [0.15, 0.2) is 0 Å². The Morgan fingerprint density at radius 1 is 1.58 bits per heavy atom. The predicted molar refractivity (Wildman–Crippen MR) is 78.2 cm³/mol. The largest absolute Gasteiger partial charge is 0.464 e. The third-order valence-electron chi connectivity index (χ3n) is 3.27. The van der Waals surface area contributed by atoms with Gasteiger partial charge in [-0.25, -0.2) is 9.78 Å². The van der Waals surface area contributed by atoms with Crippen LogP contribution in [0.3, 0.4) is 0 Å². The summed E-state index contributed by atoms with van der Waals surface area (Å²) in [6.45, 7) is 3.47. The minimum Gasteiger partial charge on any atom is -0.464 e. The smallest absolute Gasteiger partial charge is 0.328 e. The first kappa shape index (κ1) is 14.3. The first-order chi connectivity index (χ1) is 9.22. The number of nitrogens with zero attached hydrogens (tertiary/aromatic N) is 2. The molecule has 0 saturated carbocycles. The van der Waals surface area contributed by atoms with Gasteiger partial charge in [-0.15, -0.1) is 0 Å². The summed E-state index contributed by atoms with van der Waals surface area (Å²) < 4.78 is 6.27. The van der Waals surface area contributed by atoms with Crippen LogP contribution in [-0.4, -0.2) is 30.1 Å². The Morgan fingerprint density at radius 2 is 2.42 bits per heavy atom. The Kier molecular flexibility index (Phi) is 5.19. The van der Waals surface area contributed by atoms with E-state index in [-0.39, 0.29) is 12.0 Å². The Morgan fingerprint density at radius 3 is 3.11 bits per heavy atom. The second kappa shape index (κ2) is 6.89. The van der Waals surface area contributed by atoms with Gasteiger partial charge in [-0.2, -0.15) is 0 Å². The Balaban J connectivity index is 2.00. The minimum absolute atomic E-state index is 0.115. The zero-order chi connectivity index (χ0) is 13.7. The maximum atomic E-state index is 12.1. The summed E-state index contributed by atoms with van der Waals surface area (Å²) in [6, 6.07) is 3.70. The monoisotopic (exact) mass is 326 g/mol. The van der Waals surface area contributed by atoms with E-state index in [1.807, 2.05) is 17.0 Å². The molecule has 0 radical (unpaired) electrons. The summed E-state index contributed by atoms with van der Waals surface area (Å²) in [5.41, 5.74) is 0. The minimum atomic E-state index is -0.175. The fourth-order valence-corrected chi connectivity index (χ4v) is 2.47. The molecule has 1 aromatic heterocycles. The fourth-order valence-electron chi connectivity index (χ4n) is 2.24. The molecule has 2 heterocycles. The zero-order valence-corrected chi connectivity index (χ0v) is 12.7. The third kappa shape index (κ3) is 3.69. The average Bonchev–Trinajstić information content (AvgIpc) is 2.89. The fraction of sp³-hybridized carbons (Fsp3) is 0.571. The molecule has 1 aliphatic rings. The molecule has 0 aliphatic carbocycles. The highest BCUT2D eigenvalue weighted by Gasteiger charge is 2.32. The number of carbonyl (C=O) groups excluding carboxylic acids is 1. The van der Waals surface area contributed by atoms with Gasteiger partial charge in [0.05, 0.1) is 6.61 Å². The van der Waals surface area contributed by atoms with Crippen molar-refractivity contribution in [3.63, 3.8) is 0 Å². The van der Waals surface area contributed by atoms with Gasteiger partial charge in [0.2, 0.25) is 0 Å². The summed E-state index contributed by atoms with van der Waals surface area (Å²) in [5.74, 6) is 0.730. The number of unbranched alkanes of at least 4 members (excludes halogenated alkanes) is 1. The van der Waals surface area contributed by atoms with E-state index in [0.29, 0.717) is 6.61 Å². The predicted octanol–water partition coefficient (Wildman–Crippen LogP) is 3.16. The summed E-state index contributed by atoms with van der Waals surface area (Å²) in [5, 5.41) is 0. The number of pyridine rings is 1. The van der Waals surface area contributed by atoms with Gasteiger partial charge in [-0.1, -0.05) is 13.3 Å². The van der Waals surface area contributed by atoms with Gasteiger partial charge in [0.25, 0.3) is 0 Å². The van der Waals surface area contributed by atoms with E-state index < -0.39 is 0 Å². The number of ether oxygens (including phenoxy) is 1. The second-order valence-corrected chi connectivity index (χ2v) is 5.62. The SMILES string of the molecule is CCCCOC(=O)C1CCCN1c1ccc(Br)cn1. The van der Waals surface area contributed by atoms with E-state index in [1.165, 1.54) is 0 Å². The summed E-state index contributed by atoms with van der Waals surface area (Å²) in [7, 11) is 0.